The number of benzene rings is 1. The minimum Gasteiger partial charge on any atom is -0.357 e. The SMILES string of the molecule is CCCNC(=O)CCN=C(NCC)NC1CCN(Cc2ccccc2)CC1.I. The summed E-state index contributed by atoms with van der Waals surface area (Å²) in [5.41, 5.74) is 1.38. The van der Waals surface area contributed by atoms with Crippen LogP contribution in [0.2, 0.25) is 0 Å². The first-order valence-corrected chi connectivity index (χ1v) is 10.3. The number of nitrogens with zero attached hydrogens (tertiary/aromatic N) is 2. The first kappa shape index (κ1) is 24.7. The number of hydrogen-bond acceptors (Lipinski definition) is 3. The Morgan fingerprint density at radius 1 is 1.14 bits per heavy atom. The van der Waals surface area contributed by atoms with Crippen molar-refractivity contribution in [3.8, 4) is 0 Å². The van der Waals surface area contributed by atoms with Crippen molar-refractivity contribution in [3.63, 3.8) is 0 Å². The van der Waals surface area contributed by atoms with Crippen molar-refractivity contribution >= 4 is 35.8 Å². The molecule has 1 saturated heterocycles. The Balaban J connectivity index is 0.00000392. The molecule has 0 radical (unpaired) electrons. The first-order chi connectivity index (χ1) is 13.2. The largest absolute Gasteiger partial charge is 0.357 e. The Bertz CT molecular complexity index is 573. The molecular formula is C21H36IN5O. The van der Waals surface area contributed by atoms with Gasteiger partial charge in [-0.3, -0.25) is 14.7 Å². The number of hydrogen-bond donors (Lipinski definition) is 3. The van der Waals surface area contributed by atoms with E-state index in [2.05, 4.69) is 70.0 Å². The Hall–Kier alpha value is -1.35. The van der Waals surface area contributed by atoms with Crippen LogP contribution < -0.4 is 16.0 Å². The van der Waals surface area contributed by atoms with Crippen molar-refractivity contribution < 1.29 is 4.79 Å². The molecule has 6 nitrogen and oxygen atoms in total. The number of carbonyl (C=O) groups is 1. The van der Waals surface area contributed by atoms with Gasteiger partial charge in [0, 0.05) is 45.2 Å². The minimum atomic E-state index is 0. The van der Waals surface area contributed by atoms with Crippen molar-refractivity contribution in [1.29, 1.82) is 0 Å². The van der Waals surface area contributed by atoms with Gasteiger partial charge in [-0.15, -0.1) is 24.0 Å². The molecule has 1 amide bonds. The average molecular weight is 501 g/mol. The van der Waals surface area contributed by atoms with E-state index in [9.17, 15) is 4.79 Å². The second-order valence-electron chi connectivity index (χ2n) is 7.04. The lowest BCUT2D eigenvalue weighted by Gasteiger charge is -2.33. The molecule has 0 bridgehead atoms. The van der Waals surface area contributed by atoms with Crippen LogP contribution in [-0.2, 0) is 11.3 Å². The van der Waals surface area contributed by atoms with Gasteiger partial charge in [0.15, 0.2) is 5.96 Å². The Morgan fingerprint density at radius 2 is 1.86 bits per heavy atom. The maximum Gasteiger partial charge on any atom is 0.221 e. The summed E-state index contributed by atoms with van der Waals surface area (Å²) in [6.45, 7) is 9.39. The van der Waals surface area contributed by atoms with Gasteiger partial charge in [0.1, 0.15) is 0 Å². The predicted octanol–water partition coefficient (Wildman–Crippen LogP) is 2.74. The highest BCUT2D eigenvalue weighted by atomic mass is 127. The third-order valence-electron chi connectivity index (χ3n) is 4.70. The summed E-state index contributed by atoms with van der Waals surface area (Å²) in [4.78, 5) is 18.8. The molecule has 1 aromatic carbocycles. The quantitative estimate of drug-likeness (QED) is 0.277. The second-order valence-corrected chi connectivity index (χ2v) is 7.04. The van der Waals surface area contributed by atoms with E-state index in [1.165, 1.54) is 5.56 Å². The molecule has 0 saturated carbocycles. The van der Waals surface area contributed by atoms with Crippen LogP contribution >= 0.6 is 24.0 Å². The number of amides is 1. The van der Waals surface area contributed by atoms with E-state index in [1.807, 2.05) is 0 Å². The smallest absolute Gasteiger partial charge is 0.221 e. The van der Waals surface area contributed by atoms with Crippen LogP contribution in [0.3, 0.4) is 0 Å². The van der Waals surface area contributed by atoms with Gasteiger partial charge in [0.2, 0.25) is 5.91 Å². The van der Waals surface area contributed by atoms with Crippen LogP contribution in [0.1, 0.15) is 45.1 Å². The Kier molecular flexibility index (Phi) is 12.9. The highest BCUT2D eigenvalue weighted by molar-refractivity contribution is 14.0. The molecule has 158 valence electrons. The second kappa shape index (κ2) is 14.6. The molecule has 7 heteroatoms. The summed E-state index contributed by atoms with van der Waals surface area (Å²) in [7, 11) is 0. The number of likely N-dealkylation sites (tertiary alicyclic amines) is 1. The molecule has 0 aliphatic carbocycles. The van der Waals surface area contributed by atoms with E-state index >= 15 is 0 Å². The average Bonchev–Trinajstić information content (AvgIpc) is 2.69. The number of aliphatic imine (C=N–C) groups is 1. The van der Waals surface area contributed by atoms with Crippen LogP contribution in [-0.4, -0.2) is 55.5 Å². The number of halogens is 1. The molecule has 0 aromatic heterocycles. The third-order valence-corrected chi connectivity index (χ3v) is 4.70. The summed E-state index contributed by atoms with van der Waals surface area (Å²) >= 11 is 0. The van der Waals surface area contributed by atoms with Gasteiger partial charge in [-0.25, -0.2) is 0 Å². The summed E-state index contributed by atoms with van der Waals surface area (Å²) in [6, 6.07) is 11.1. The van der Waals surface area contributed by atoms with Gasteiger partial charge >= 0.3 is 0 Å². The molecular weight excluding hydrogens is 465 g/mol. The maximum atomic E-state index is 11.7. The molecule has 1 aromatic rings. The monoisotopic (exact) mass is 501 g/mol. The fourth-order valence-electron chi connectivity index (χ4n) is 3.21. The molecule has 0 spiro atoms. The number of piperidine rings is 1. The molecule has 1 heterocycles. The van der Waals surface area contributed by atoms with E-state index in [0.29, 0.717) is 19.0 Å². The molecule has 2 rings (SSSR count). The molecule has 3 N–H and O–H groups in total. The summed E-state index contributed by atoms with van der Waals surface area (Å²) in [5, 5.41) is 9.72. The molecule has 1 aliphatic heterocycles. The highest BCUT2D eigenvalue weighted by Gasteiger charge is 2.20. The maximum absolute atomic E-state index is 11.7. The van der Waals surface area contributed by atoms with E-state index in [-0.39, 0.29) is 29.9 Å². The number of guanidine groups is 1. The van der Waals surface area contributed by atoms with Crippen molar-refractivity contribution in [1.82, 2.24) is 20.9 Å². The van der Waals surface area contributed by atoms with Crippen molar-refractivity contribution in [2.75, 3.05) is 32.7 Å². The number of carbonyl (C=O) groups excluding carboxylic acids is 1. The summed E-state index contributed by atoms with van der Waals surface area (Å²) in [5.74, 6) is 0.896. The van der Waals surface area contributed by atoms with Crippen LogP contribution in [0.4, 0.5) is 0 Å². The zero-order chi connectivity index (χ0) is 19.3. The lowest BCUT2D eigenvalue weighted by molar-refractivity contribution is -0.120. The molecule has 0 atom stereocenters. The highest BCUT2D eigenvalue weighted by Crippen LogP contribution is 2.13. The predicted molar refractivity (Wildman–Crippen MR) is 127 cm³/mol. The topological polar surface area (TPSA) is 68.8 Å². The van der Waals surface area contributed by atoms with E-state index in [4.69, 9.17) is 0 Å². The lowest BCUT2D eigenvalue weighted by Crippen LogP contribution is -2.48. The lowest BCUT2D eigenvalue weighted by atomic mass is 10.0. The van der Waals surface area contributed by atoms with Crippen molar-refractivity contribution in [3.05, 3.63) is 35.9 Å². The van der Waals surface area contributed by atoms with Gasteiger partial charge < -0.3 is 16.0 Å². The normalized spacial score (nSPS) is 15.6. The van der Waals surface area contributed by atoms with Gasteiger partial charge in [0.25, 0.3) is 0 Å². The van der Waals surface area contributed by atoms with Gasteiger partial charge in [-0.1, -0.05) is 37.3 Å². The first-order valence-electron chi connectivity index (χ1n) is 10.3. The van der Waals surface area contributed by atoms with Crippen LogP contribution in [0, 0.1) is 0 Å². The van der Waals surface area contributed by atoms with Crippen LogP contribution in [0.5, 0.6) is 0 Å². The van der Waals surface area contributed by atoms with E-state index < -0.39 is 0 Å². The van der Waals surface area contributed by atoms with Gasteiger partial charge in [0.05, 0.1) is 6.54 Å². The van der Waals surface area contributed by atoms with Crippen molar-refractivity contribution in [2.24, 2.45) is 4.99 Å². The fourth-order valence-corrected chi connectivity index (χ4v) is 3.21. The Labute approximate surface area is 187 Å². The van der Waals surface area contributed by atoms with Gasteiger partial charge in [-0.05, 0) is 31.7 Å². The fraction of sp³-hybridized carbons (Fsp3) is 0.619. The van der Waals surface area contributed by atoms with Crippen LogP contribution in [0.15, 0.2) is 35.3 Å². The summed E-state index contributed by atoms with van der Waals surface area (Å²) in [6.07, 6.45) is 3.61. The molecule has 1 aliphatic rings. The molecule has 28 heavy (non-hydrogen) atoms. The summed E-state index contributed by atoms with van der Waals surface area (Å²) < 4.78 is 0. The minimum absolute atomic E-state index is 0. The number of nitrogens with one attached hydrogen (secondary N) is 3. The third kappa shape index (κ3) is 9.73. The van der Waals surface area contributed by atoms with E-state index in [0.717, 1.165) is 57.9 Å². The van der Waals surface area contributed by atoms with Gasteiger partial charge in [-0.2, -0.15) is 0 Å². The van der Waals surface area contributed by atoms with Crippen molar-refractivity contribution in [2.45, 2.75) is 52.1 Å². The molecule has 1 fully saturated rings. The number of rotatable bonds is 9. The standard InChI is InChI=1S/C21H35N5O.HI/c1-3-13-23-20(27)10-14-24-21(22-4-2)25-19-11-15-26(16-12-19)17-18-8-6-5-7-9-18;/h5-9,19H,3-4,10-17H2,1-2H3,(H,23,27)(H2,22,24,25);1H. The Morgan fingerprint density at radius 3 is 2.50 bits per heavy atom. The van der Waals surface area contributed by atoms with Crippen LogP contribution in [0.25, 0.3) is 0 Å². The zero-order valence-corrected chi connectivity index (χ0v) is 19.6. The molecule has 0 unspecified atom stereocenters. The van der Waals surface area contributed by atoms with E-state index in [1.54, 1.807) is 0 Å². The zero-order valence-electron chi connectivity index (χ0n) is 17.2.